The second-order valence-electron chi connectivity index (χ2n) is 7.29. The Morgan fingerprint density at radius 2 is 1.80 bits per heavy atom. The molecule has 2 saturated heterocycles. The average Bonchev–Trinajstić information content (AvgIpc) is 2.90. The maximum absolute atomic E-state index is 12.9. The van der Waals surface area contributed by atoms with Crippen LogP contribution in [0.3, 0.4) is 0 Å². The van der Waals surface area contributed by atoms with Crippen LogP contribution in [0.5, 0.6) is 5.75 Å². The fourth-order valence-corrected chi connectivity index (χ4v) is 5.81. The maximum Gasteiger partial charge on any atom is 0.243 e. The minimum absolute atomic E-state index is 0.177. The highest BCUT2D eigenvalue weighted by Crippen LogP contribution is 2.45. The molecule has 140 valence electrons. The number of hydrogen-bond acceptors (Lipinski definition) is 5. The number of ether oxygens (including phenoxy) is 2. The average molecular weight is 368 g/mol. The van der Waals surface area contributed by atoms with Crippen molar-refractivity contribution >= 4 is 10.0 Å². The van der Waals surface area contributed by atoms with Crippen LogP contribution in [-0.2, 0) is 14.8 Å². The molecule has 0 N–H and O–H groups in total. The largest absolute Gasteiger partial charge is 0.497 e. The first-order valence-electron chi connectivity index (χ1n) is 8.73. The van der Waals surface area contributed by atoms with Crippen LogP contribution < -0.4 is 4.74 Å². The van der Waals surface area contributed by atoms with E-state index in [9.17, 15) is 8.42 Å². The Morgan fingerprint density at radius 3 is 2.36 bits per heavy atom. The maximum atomic E-state index is 12.9. The lowest BCUT2D eigenvalue weighted by molar-refractivity contribution is 0.0569. The van der Waals surface area contributed by atoms with Gasteiger partial charge in [-0.15, -0.1) is 0 Å². The Balaban J connectivity index is 1.72. The van der Waals surface area contributed by atoms with E-state index < -0.39 is 10.0 Å². The molecule has 6 nitrogen and oxygen atoms in total. The number of nitrogens with zero attached hydrogens (tertiary/aromatic N) is 2. The van der Waals surface area contributed by atoms with Crippen molar-refractivity contribution in [3.63, 3.8) is 0 Å². The van der Waals surface area contributed by atoms with E-state index in [0.29, 0.717) is 29.7 Å². The summed E-state index contributed by atoms with van der Waals surface area (Å²) in [6, 6.07) is 6.63. The summed E-state index contributed by atoms with van der Waals surface area (Å²) in [5.41, 5.74) is 0.177. The van der Waals surface area contributed by atoms with Gasteiger partial charge >= 0.3 is 0 Å². The van der Waals surface area contributed by atoms with Crippen LogP contribution in [-0.4, -0.2) is 71.7 Å². The van der Waals surface area contributed by atoms with E-state index in [4.69, 9.17) is 9.47 Å². The molecular weight excluding hydrogens is 340 g/mol. The van der Waals surface area contributed by atoms with Gasteiger partial charge in [0.15, 0.2) is 0 Å². The normalized spacial score (nSPS) is 24.7. The van der Waals surface area contributed by atoms with Crippen molar-refractivity contribution in [3.05, 3.63) is 24.3 Å². The Bertz CT molecular complexity index is 682. The van der Waals surface area contributed by atoms with Crippen molar-refractivity contribution in [1.29, 1.82) is 0 Å². The van der Waals surface area contributed by atoms with E-state index in [1.54, 1.807) is 42.8 Å². The first-order valence-corrected chi connectivity index (χ1v) is 10.2. The van der Waals surface area contributed by atoms with Gasteiger partial charge < -0.3 is 14.4 Å². The number of rotatable bonds is 5. The SMILES string of the molecule is COCC1CN(C)CC12CCN(S(=O)(=O)c1ccc(OC)cc1)CC2. The molecular formula is C18H28N2O4S. The van der Waals surface area contributed by atoms with Gasteiger partial charge in [0.2, 0.25) is 10.0 Å². The molecule has 2 aliphatic heterocycles. The summed E-state index contributed by atoms with van der Waals surface area (Å²) < 4.78 is 38.0. The number of piperidine rings is 1. The molecule has 1 aromatic carbocycles. The molecule has 1 spiro atoms. The van der Waals surface area contributed by atoms with E-state index in [1.807, 2.05) is 0 Å². The molecule has 3 rings (SSSR count). The van der Waals surface area contributed by atoms with Crippen LogP contribution in [0.1, 0.15) is 12.8 Å². The van der Waals surface area contributed by atoms with Gasteiger partial charge in [-0.1, -0.05) is 0 Å². The van der Waals surface area contributed by atoms with Crippen molar-refractivity contribution in [3.8, 4) is 5.75 Å². The summed E-state index contributed by atoms with van der Waals surface area (Å²) >= 11 is 0. The minimum atomic E-state index is -3.44. The zero-order valence-corrected chi connectivity index (χ0v) is 16.1. The molecule has 2 heterocycles. The summed E-state index contributed by atoms with van der Waals surface area (Å²) in [5.74, 6) is 1.14. The third-order valence-electron chi connectivity index (χ3n) is 5.77. The first-order chi connectivity index (χ1) is 11.9. The van der Waals surface area contributed by atoms with Crippen molar-refractivity contribution in [2.75, 3.05) is 54.1 Å². The Kier molecular flexibility index (Phi) is 5.39. The molecule has 25 heavy (non-hydrogen) atoms. The molecule has 0 radical (unpaired) electrons. The van der Waals surface area contributed by atoms with Crippen molar-refractivity contribution in [2.24, 2.45) is 11.3 Å². The summed E-state index contributed by atoms with van der Waals surface area (Å²) in [6.45, 7) is 3.94. The second kappa shape index (κ2) is 7.23. The Labute approximate surface area is 150 Å². The predicted molar refractivity (Wildman–Crippen MR) is 96.3 cm³/mol. The highest BCUT2D eigenvalue weighted by molar-refractivity contribution is 7.89. The number of methoxy groups -OCH3 is 2. The van der Waals surface area contributed by atoms with Gasteiger partial charge in [0, 0.05) is 39.2 Å². The van der Waals surface area contributed by atoms with Crippen LogP contribution in [0.4, 0.5) is 0 Å². The molecule has 1 unspecified atom stereocenters. The molecule has 7 heteroatoms. The predicted octanol–water partition coefficient (Wildman–Crippen LogP) is 1.67. The van der Waals surface area contributed by atoms with E-state index in [2.05, 4.69) is 11.9 Å². The number of sulfonamides is 1. The third-order valence-corrected chi connectivity index (χ3v) is 7.68. The van der Waals surface area contributed by atoms with Gasteiger partial charge in [-0.2, -0.15) is 4.31 Å². The summed E-state index contributed by atoms with van der Waals surface area (Å²) in [6.07, 6.45) is 1.78. The fraction of sp³-hybridized carbons (Fsp3) is 0.667. The highest BCUT2D eigenvalue weighted by atomic mass is 32.2. The lowest BCUT2D eigenvalue weighted by Gasteiger charge is -2.42. The van der Waals surface area contributed by atoms with E-state index >= 15 is 0 Å². The molecule has 0 bridgehead atoms. The van der Waals surface area contributed by atoms with Gasteiger partial charge in [0.1, 0.15) is 5.75 Å². The monoisotopic (exact) mass is 368 g/mol. The van der Waals surface area contributed by atoms with Crippen molar-refractivity contribution < 1.29 is 17.9 Å². The molecule has 0 aromatic heterocycles. The summed E-state index contributed by atoms with van der Waals surface area (Å²) in [5, 5.41) is 0. The molecule has 2 fully saturated rings. The van der Waals surface area contributed by atoms with Crippen LogP contribution in [0.25, 0.3) is 0 Å². The molecule has 0 saturated carbocycles. The molecule has 2 aliphatic rings. The lowest BCUT2D eigenvalue weighted by atomic mass is 9.71. The standard InChI is InChI=1S/C18H28N2O4S/c1-19-12-15(13-23-2)18(14-19)8-10-20(11-9-18)25(21,22)17-6-4-16(24-3)5-7-17/h4-7,15H,8-14H2,1-3H3. The second-order valence-corrected chi connectivity index (χ2v) is 9.23. The Hall–Kier alpha value is -1.15. The smallest absolute Gasteiger partial charge is 0.243 e. The van der Waals surface area contributed by atoms with Gasteiger partial charge in [-0.05, 0) is 49.6 Å². The fourth-order valence-electron chi connectivity index (χ4n) is 4.37. The summed E-state index contributed by atoms with van der Waals surface area (Å²) in [7, 11) is 2.01. The van der Waals surface area contributed by atoms with Crippen molar-refractivity contribution in [2.45, 2.75) is 17.7 Å². The number of likely N-dealkylation sites (tertiary alicyclic amines) is 1. The van der Waals surface area contributed by atoms with Gasteiger partial charge in [-0.3, -0.25) is 0 Å². The lowest BCUT2D eigenvalue weighted by Crippen LogP contribution is -2.47. The van der Waals surface area contributed by atoms with Crippen LogP contribution >= 0.6 is 0 Å². The summed E-state index contributed by atoms with van der Waals surface area (Å²) in [4.78, 5) is 2.68. The minimum Gasteiger partial charge on any atom is -0.497 e. The molecule has 1 aromatic rings. The third kappa shape index (κ3) is 3.56. The topological polar surface area (TPSA) is 59.1 Å². The zero-order valence-electron chi connectivity index (χ0n) is 15.3. The Morgan fingerprint density at radius 1 is 1.16 bits per heavy atom. The first kappa shape index (κ1) is 18.6. The number of benzene rings is 1. The quantitative estimate of drug-likeness (QED) is 0.791. The molecule has 0 amide bonds. The highest BCUT2D eigenvalue weighted by Gasteiger charge is 2.48. The van der Waals surface area contributed by atoms with Gasteiger partial charge in [-0.25, -0.2) is 8.42 Å². The molecule has 1 atom stereocenters. The van der Waals surface area contributed by atoms with Crippen LogP contribution in [0.2, 0.25) is 0 Å². The molecule has 0 aliphatic carbocycles. The van der Waals surface area contributed by atoms with Crippen LogP contribution in [0.15, 0.2) is 29.2 Å². The van der Waals surface area contributed by atoms with Gasteiger partial charge in [0.05, 0.1) is 18.6 Å². The van der Waals surface area contributed by atoms with Crippen LogP contribution in [0, 0.1) is 11.3 Å². The number of hydrogen-bond donors (Lipinski definition) is 0. The van der Waals surface area contributed by atoms with Gasteiger partial charge in [0.25, 0.3) is 0 Å². The van der Waals surface area contributed by atoms with Crippen molar-refractivity contribution in [1.82, 2.24) is 9.21 Å². The van der Waals surface area contributed by atoms with E-state index in [0.717, 1.165) is 32.5 Å². The van der Waals surface area contributed by atoms with E-state index in [1.165, 1.54) is 0 Å². The van der Waals surface area contributed by atoms with E-state index in [-0.39, 0.29) is 5.41 Å². The zero-order chi connectivity index (χ0) is 18.1.